The van der Waals surface area contributed by atoms with Crippen LogP contribution in [0.15, 0.2) is 12.3 Å². The van der Waals surface area contributed by atoms with E-state index in [4.69, 9.17) is 10.2 Å². The quantitative estimate of drug-likeness (QED) is 0.515. The van der Waals surface area contributed by atoms with Crippen molar-refractivity contribution in [2.45, 2.75) is 31.7 Å². The SMILES string of the molecule is O=C(O)CCC[C@@H](NC(=O)Cc1ccn[nH]1)C(=O)O. The van der Waals surface area contributed by atoms with Crippen LogP contribution in [0.25, 0.3) is 0 Å². The molecule has 1 aromatic heterocycles. The summed E-state index contributed by atoms with van der Waals surface area (Å²) in [5, 5.41) is 26.0. The first kappa shape index (κ1) is 14.7. The number of carbonyl (C=O) groups excluding carboxylic acids is 1. The molecule has 0 aliphatic carbocycles. The fourth-order valence-corrected chi connectivity index (χ4v) is 1.52. The van der Waals surface area contributed by atoms with E-state index in [0.29, 0.717) is 5.69 Å². The Hall–Kier alpha value is -2.38. The molecule has 8 nitrogen and oxygen atoms in total. The summed E-state index contributed by atoms with van der Waals surface area (Å²) in [6.07, 6.45) is 1.64. The zero-order chi connectivity index (χ0) is 14.3. The Morgan fingerprint density at radius 3 is 2.63 bits per heavy atom. The number of aromatic amines is 1. The van der Waals surface area contributed by atoms with Crippen LogP contribution in [-0.4, -0.2) is 44.3 Å². The molecule has 0 saturated heterocycles. The number of carboxylic acids is 2. The van der Waals surface area contributed by atoms with Gasteiger partial charge < -0.3 is 15.5 Å². The first-order valence-corrected chi connectivity index (χ1v) is 5.71. The van der Waals surface area contributed by atoms with E-state index in [2.05, 4.69) is 15.5 Å². The monoisotopic (exact) mass is 269 g/mol. The maximum absolute atomic E-state index is 11.6. The Morgan fingerprint density at radius 2 is 2.11 bits per heavy atom. The molecule has 0 aliphatic rings. The molecule has 1 rings (SSSR count). The second-order valence-corrected chi connectivity index (χ2v) is 4.00. The molecule has 0 bridgehead atoms. The Morgan fingerprint density at radius 1 is 1.37 bits per heavy atom. The van der Waals surface area contributed by atoms with Crippen molar-refractivity contribution in [1.29, 1.82) is 0 Å². The van der Waals surface area contributed by atoms with Gasteiger partial charge in [0.1, 0.15) is 6.04 Å². The first-order chi connectivity index (χ1) is 8.99. The van der Waals surface area contributed by atoms with Crippen molar-refractivity contribution < 1.29 is 24.6 Å². The predicted molar refractivity (Wildman–Crippen MR) is 63.3 cm³/mol. The van der Waals surface area contributed by atoms with Crippen molar-refractivity contribution in [3.63, 3.8) is 0 Å². The van der Waals surface area contributed by atoms with Crippen LogP contribution in [0.2, 0.25) is 0 Å². The van der Waals surface area contributed by atoms with E-state index in [0.717, 1.165) is 0 Å². The minimum Gasteiger partial charge on any atom is -0.481 e. The van der Waals surface area contributed by atoms with Gasteiger partial charge in [0, 0.05) is 18.3 Å². The number of H-pyrrole nitrogens is 1. The molecule has 0 aliphatic heterocycles. The summed E-state index contributed by atoms with van der Waals surface area (Å²) < 4.78 is 0. The smallest absolute Gasteiger partial charge is 0.326 e. The molecule has 0 saturated carbocycles. The van der Waals surface area contributed by atoms with Gasteiger partial charge in [0.2, 0.25) is 5.91 Å². The molecule has 0 fully saturated rings. The maximum Gasteiger partial charge on any atom is 0.326 e. The van der Waals surface area contributed by atoms with Crippen molar-refractivity contribution in [3.8, 4) is 0 Å². The van der Waals surface area contributed by atoms with Crippen LogP contribution in [0.3, 0.4) is 0 Å². The standard InChI is InChI=1S/C11H15N3O5/c15-9(6-7-4-5-12-14-7)13-8(11(18)19)2-1-3-10(16)17/h4-5,8H,1-3,6H2,(H,12,14)(H,13,15)(H,16,17)(H,18,19)/t8-/m1/s1. The van der Waals surface area contributed by atoms with E-state index in [-0.39, 0.29) is 25.7 Å². The van der Waals surface area contributed by atoms with Gasteiger partial charge in [0.15, 0.2) is 0 Å². The van der Waals surface area contributed by atoms with E-state index in [1.807, 2.05) is 0 Å². The molecule has 1 atom stereocenters. The Labute approximate surface area is 108 Å². The minimum atomic E-state index is -1.18. The predicted octanol–water partition coefficient (Wildman–Crippen LogP) is -0.224. The van der Waals surface area contributed by atoms with Crippen LogP contribution >= 0.6 is 0 Å². The highest BCUT2D eigenvalue weighted by molar-refractivity contribution is 5.84. The van der Waals surface area contributed by atoms with Gasteiger partial charge in [-0.1, -0.05) is 0 Å². The molecule has 0 aromatic carbocycles. The van der Waals surface area contributed by atoms with E-state index in [9.17, 15) is 14.4 Å². The molecule has 104 valence electrons. The number of nitrogens with one attached hydrogen (secondary N) is 2. The highest BCUT2D eigenvalue weighted by Crippen LogP contribution is 2.03. The van der Waals surface area contributed by atoms with Crippen molar-refractivity contribution in [2.75, 3.05) is 0 Å². The Kier molecular flexibility index (Phi) is 5.52. The molecular formula is C11H15N3O5. The number of aliphatic carboxylic acids is 2. The van der Waals surface area contributed by atoms with Crippen LogP contribution in [0.4, 0.5) is 0 Å². The summed E-state index contributed by atoms with van der Waals surface area (Å²) >= 11 is 0. The highest BCUT2D eigenvalue weighted by atomic mass is 16.4. The lowest BCUT2D eigenvalue weighted by Gasteiger charge is -2.13. The van der Waals surface area contributed by atoms with Crippen LogP contribution in [-0.2, 0) is 20.8 Å². The lowest BCUT2D eigenvalue weighted by atomic mass is 10.1. The van der Waals surface area contributed by atoms with Crippen LogP contribution < -0.4 is 5.32 Å². The van der Waals surface area contributed by atoms with Gasteiger partial charge in [-0.2, -0.15) is 5.10 Å². The van der Waals surface area contributed by atoms with Gasteiger partial charge in [-0.05, 0) is 18.9 Å². The summed E-state index contributed by atoms with van der Waals surface area (Å²) in [6, 6.07) is 0.537. The molecule has 1 heterocycles. The molecule has 1 amide bonds. The van der Waals surface area contributed by atoms with E-state index in [1.54, 1.807) is 6.07 Å². The van der Waals surface area contributed by atoms with Gasteiger partial charge in [-0.25, -0.2) is 4.79 Å². The van der Waals surface area contributed by atoms with Gasteiger partial charge >= 0.3 is 11.9 Å². The molecule has 0 spiro atoms. The number of hydrogen-bond donors (Lipinski definition) is 4. The fourth-order valence-electron chi connectivity index (χ4n) is 1.52. The Balaban J connectivity index is 2.42. The molecule has 0 unspecified atom stereocenters. The van der Waals surface area contributed by atoms with E-state index < -0.39 is 23.9 Å². The molecule has 0 radical (unpaired) electrons. The third-order valence-corrected chi connectivity index (χ3v) is 2.43. The number of carboxylic acid groups (broad SMARTS) is 2. The normalized spacial score (nSPS) is 11.8. The second kappa shape index (κ2) is 7.14. The lowest BCUT2D eigenvalue weighted by Crippen LogP contribution is -2.41. The average Bonchev–Trinajstić information content (AvgIpc) is 2.79. The summed E-state index contributed by atoms with van der Waals surface area (Å²) in [7, 11) is 0. The van der Waals surface area contributed by atoms with Gasteiger partial charge in [0.05, 0.1) is 6.42 Å². The van der Waals surface area contributed by atoms with Crippen molar-refractivity contribution in [1.82, 2.24) is 15.5 Å². The Bertz CT molecular complexity index is 443. The highest BCUT2D eigenvalue weighted by Gasteiger charge is 2.20. The molecule has 19 heavy (non-hydrogen) atoms. The zero-order valence-corrected chi connectivity index (χ0v) is 10.1. The molecule has 4 N–H and O–H groups in total. The topological polar surface area (TPSA) is 132 Å². The van der Waals surface area contributed by atoms with Gasteiger partial charge in [-0.15, -0.1) is 0 Å². The number of aromatic nitrogens is 2. The van der Waals surface area contributed by atoms with Gasteiger partial charge in [-0.3, -0.25) is 14.7 Å². The zero-order valence-electron chi connectivity index (χ0n) is 10.1. The lowest BCUT2D eigenvalue weighted by molar-refractivity contribution is -0.142. The third kappa shape index (κ3) is 5.66. The molecule has 1 aromatic rings. The maximum atomic E-state index is 11.6. The summed E-state index contributed by atoms with van der Waals surface area (Å²) in [6.45, 7) is 0. The number of hydrogen-bond acceptors (Lipinski definition) is 4. The number of amides is 1. The van der Waals surface area contributed by atoms with Crippen molar-refractivity contribution in [2.24, 2.45) is 0 Å². The fraction of sp³-hybridized carbons (Fsp3) is 0.455. The average molecular weight is 269 g/mol. The molecule has 8 heteroatoms. The van der Waals surface area contributed by atoms with Crippen LogP contribution in [0.1, 0.15) is 25.0 Å². The first-order valence-electron chi connectivity index (χ1n) is 5.71. The summed E-state index contributed by atoms with van der Waals surface area (Å²) in [4.78, 5) is 32.9. The number of nitrogens with zero attached hydrogens (tertiary/aromatic N) is 1. The van der Waals surface area contributed by atoms with Crippen LogP contribution in [0, 0.1) is 0 Å². The third-order valence-electron chi connectivity index (χ3n) is 2.43. The summed E-state index contributed by atoms with van der Waals surface area (Å²) in [5.41, 5.74) is 0.576. The second-order valence-electron chi connectivity index (χ2n) is 4.00. The summed E-state index contributed by atoms with van der Waals surface area (Å²) in [5.74, 6) is -2.62. The van der Waals surface area contributed by atoms with Crippen molar-refractivity contribution >= 4 is 17.8 Å². The largest absolute Gasteiger partial charge is 0.481 e. The van der Waals surface area contributed by atoms with Crippen LogP contribution in [0.5, 0.6) is 0 Å². The molecular weight excluding hydrogens is 254 g/mol. The number of carbonyl (C=O) groups is 3. The van der Waals surface area contributed by atoms with E-state index >= 15 is 0 Å². The minimum absolute atomic E-state index is 0.00269. The van der Waals surface area contributed by atoms with Gasteiger partial charge in [0.25, 0.3) is 0 Å². The number of rotatable bonds is 8. The van der Waals surface area contributed by atoms with E-state index in [1.165, 1.54) is 6.20 Å². The van der Waals surface area contributed by atoms with Crippen molar-refractivity contribution in [3.05, 3.63) is 18.0 Å².